The van der Waals surface area contributed by atoms with E-state index in [0.717, 1.165) is 0 Å². The Balaban J connectivity index is 3.13. The number of hydrogen-bond donors (Lipinski definition) is 1. The van der Waals surface area contributed by atoms with Gasteiger partial charge in [-0.1, -0.05) is 12.1 Å². The summed E-state index contributed by atoms with van der Waals surface area (Å²) in [4.78, 5) is 22.8. The topological polar surface area (TPSA) is 78.7 Å². The summed E-state index contributed by atoms with van der Waals surface area (Å²) in [6, 6.07) is 6.36. The first-order valence-electron chi connectivity index (χ1n) is 3.88. The van der Waals surface area contributed by atoms with Crippen molar-refractivity contribution < 1.29 is 0 Å². The second-order valence-corrected chi connectivity index (χ2v) is 2.73. The summed E-state index contributed by atoms with van der Waals surface area (Å²) in [6.07, 6.45) is 1.58. The Morgan fingerprint density at radius 3 is 2.50 bits per heavy atom. The van der Waals surface area contributed by atoms with E-state index in [2.05, 4.69) is 5.10 Å². The molecule has 0 unspecified atom stereocenters. The Morgan fingerprint density at radius 1 is 1.21 bits per heavy atom. The lowest BCUT2D eigenvalue weighted by molar-refractivity contribution is 0.816. The first kappa shape index (κ1) is 8.26. The second kappa shape index (κ2) is 2.85. The van der Waals surface area contributed by atoms with Gasteiger partial charge in [-0.3, -0.25) is 9.59 Å². The number of hydrogen-bond acceptors (Lipinski definition) is 3. The van der Waals surface area contributed by atoms with Crippen LogP contribution in [0.3, 0.4) is 0 Å². The fraction of sp³-hybridized carbons (Fsp3) is 0. The SMILES string of the molecule is N#Cn1[nH]c(=O)c2ccccc2c1=O. The molecule has 0 spiro atoms. The van der Waals surface area contributed by atoms with Gasteiger partial charge in [-0.15, -0.1) is 4.68 Å². The molecule has 2 rings (SSSR count). The molecule has 0 fully saturated rings. The summed E-state index contributed by atoms with van der Waals surface area (Å²) < 4.78 is 0.616. The number of benzene rings is 1. The molecule has 0 aliphatic carbocycles. The highest BCUT2D eigenvalue weighted by molar-refractivity contribution is 5.80. The van der Waals surface area contributed by atoms with Crippen LogP contribution in [0.5, 0.6) is 0 Å². The second-order valence-electron chi connectivity index (χ2n) is 2.73. The maximum Gasteiger partial charge on any atom is 0.286 e. The van der Waals surface area contributed by atoms with E-state index in [4.69, 9.17) is 5.26 Å². The van der Waals surface area contributed by atoms with E-state index in [1.54, 1.807) is 18.3 Å². The van der Waals surface area contributed by atoms with Crippen LogP contribution in [0.2, 0.25) is 0 Å². The molecule has 5 heteroatoms. The molecular formula is C9H5N3O2. The van der Waals surface area contributed by atoms with Gasteiger partial charge >= 0.3 is 0 Å². The van der Waals surface area contributed by atoms with Crippen LogP contribution in [0.25, 0.3) is 10.8 Å². The van der Waals surface area contributed by atoms with Gasteiger partial charge in [0.25, 0.3) is 11.1 Å². The van der Waals surface area contributed by atoms with E-state index in [1.807, 2.05) is 0 Å². The van der Waals surface area contributed by atoms with Crippen molar-refractivity contribution in [1.29, 1.82) is 5.26 Å². The lowest BCUT2D eigenvalue weighted by Crippen LogP contribution is -2.27. The van der Waals surface area contributed by atoms with Gasteiger partial charge in [0.05, 0.1) is 10.8 Å². The molecule has 0 aliphatic heterocycles. The summed E-state index contributed by atoms with van der Waals surface area (Å²) in [5, 5.41) is 11.2. The maximum atomic E-state index is 11.5. The van der Waals surface area contributed by atoms with Crippen molar-refractivity contribution in [3.63, 3.8) is 0 Å². The maximum absolute atomic E-state index is 11.5. The van der Waals surface area contributed by atoms with Crippen LogP contribution in [0.4, 0.5) is 0 Å². The van der Waals surface area contributed by atoms with Crippen LogP contribution >= 0.6 is 0 Å². The number of aromatic nitrogens is 2. The first-order valence-corrected chi connectivity index (χ1v) is 3.88. The quantitative estimate of drug-likeness (QED) is 0.631. The highest BCUT2D eigenvalue weighted by Crippen LogP contribution is 2.01. The molecular weight excluding hydrogens is 182 g/mol. The molecule has 0 bridgehead atoms. The molecule has 1 heterocycles. The summed E-state index contributed by atoms with van der Waals surface area (Å²) in [6.45, 7) is 0. The Labute approximate surface area is 77.8 Å². The Morgan fingerprint density at radius 2 is 1.86 bits per heavy atom. The molecule has 68 valence electrons. The van der Waals surface area contributed by atoms with E-state index in [-0.39, 0.29) is 5.39 Å². The Kier molecular flexibility index (Phi) is 1.68. The van der Waals surface area contributed by atoms with Crippen molar-refractivity contribution in [3.05, 3.63) is 45.0 Å². The van der Waals surface area contributed by atoms with Crippen LogP contribution in [-0.2, 0) is 0 Å². The molecule has 0 radical (unpaired) electrons. The van der Waals surface area contributed by atoms with E-state index in [0.29, 0.717) is 10.1 Å². The third-order valence-corrected chi connectivity index (χ3v) is 1.92. The summed E-state index contributed by atoms with van der Waals surface area (Å²) in [5.74, 6) is 0. The Bertz CT molecular complexity index is 645. The van der Waals surface area contributed by atoms with E-state index in [9.17, 15) is 9.59 Å². The normalized spacial score (nSPS) is 9.93. The van der Waals surface area contributed by atoms with Crippen molar-refractivity contribution in [2.24, 2.45) is 0 Å². The van der Waals surface area contributed by atoms with Crippen LogP contribution in [0, 0.1) is 11.5 Å². The molecule has 1 aromatic heterocycles. The Hall–Kier alpha value is -2.35. The first-order chi connectivity index (χ1) is 6.74. The van der Waals surface area contributed by atoms with Gasteiger partial charge in [-0.05, 0) is 12.1 Å². The van der Waals surface area contributed by atoms with Crippen LogP contribution in [0.1, 0.15) is 0 Å². The highest BCUT2D eigenvalue weighted by Gasteiger charge is 2.04. The zero-order valence-electron chi connectivity index (χ0n) is 7.02. The van der Waals surface area contributed by atoms with Gasteiger partial charge in [0.1, 0.15) is 0 Å². The number of H-pyrrole nitrogens is 1. The minimum absolute atomic E-state index is 0.248. The summed E-state index contributed by atoms with van der Waals surface area (Å²) in [5.41, 5.74) is -0.954. The number of nitrogens with one attached hydrogen (secondary N) is 1. The highest BCUT2D eigenvalue weighted by atomic mass is 16.2. The van der Waals surface area contributed by atoms with Gasteiger partial charge < -0.3 is 0 Å². The fourth-order valence-electron chi connectivity index (χ4n) is 1.27. The van der Waals surface area contributed by atoms with Crippen LogP contribution in [-0.4, -0.2) is 9.78 Å². The average molecular weight is 187 g/mol. The molecule has 5 nitrogen and oxygen atoms in total. The largest absolute Gasteiger partial charge is 0.286 e. The van der Waals surface area contributed by atoms with E-state index < -0.39 is 11.1 Å². The lowest BCUT2D eigenvalue weighted by Gasteiger charge is -1.96. The van der Waals surface area contributed by atoms with Crippen molar-refractivity contribution >= 4 is 10.8 Å². The monoisotopic (exact) mass is 187 g/mol. The van der Waals surface area contributed by atoms with E-state index in [1.165, 1.54) is 12.1 Å². The van der Waals surface area contributed by atoms with Gasteiger partial charge in [-0.2, -0.15) is 5.26 Å². The number of nitriles is 1. The zero-order chi connectivity index (χ0) is 10.1. The van der Waals surface area contributed by atoms with Crippen molar-refractivity contribution in [2.45, 2.75) is 0 Å². The summed E-state index contributed by atoms with van der Waals surface area (Å²) >= 11 is 0. The third-order valence-electron chi connectivity index (χ3n) is 1.92. The molecule has 0 saturated carbocycles. The van der Waals surface area contributed by atoms with Gasteiger partial charge in [0.2, 0.25) is 6.19 Å². The van der Waals surface area contributed by atoms with Crippen molar-refractivity contribution in [3.8, 4) is 6.19 Å². The van der Waals surface area contributed by atoms with Crippen LogP contribution in [0.15, 0.2) is 33.9 Å². The number of aromatic amines is 1. The lowest BCUT2D eigenvalue weighted by atomic mass is 10.2. The van der Waals surface area contributed by atoms with Crippen LogP contribution < -0.4 is 11.1 Å². The molecule has 2 aromatic rings. The minimum Gasteiger partial charge on any atom is -0.267 e. The molecule has 0 saturated heterocycles. The zero-order valence-corrected chi connectivity index (χ0v) is 7.02. The molecule has 14 heavy (non-hydrogen) atoms. The van der Waals surface area contributed by atoms with Gasteiger partial charge in [0.15, 0.2) is 0 Å². The smallest absolute Gasteiger partial charge is 0.267 e. The number of nitrogens with zero attached hydrogens (tertiary/aromatic N) is 2. The van der Waals surface area contributed by atoms with Crippen molar-refractivity contribution in [1.82, 2.24) is 9.78 Å². The predicted molar refractivity (Wildman–Crippen MR) is 49.8 cm³/mol. The summed E-state index contributed by atoms with van der Waals surface area (Å²) in [7, 11) is 0. The fourth-order valence-corrected chi connectivity index (χ4v) is 1.27. The predicted octanol–water partition coefficient (Wildman–Crippen LogP) is 0.0190. The third kappa shape index (κ3) is 1.02. The molecule has 0 amide bonds. The number of rotatable bonds is 0. The van der Waals surface area contributed by atoms with Gasteiger partial charge in [0, 0.05) is 0 Å². The van der Waals surface area contributed by atoms with E-state index >= 15 is 0 Å². The average Bonchev–Trinajstić information content (AvgIpc) is 2.23. The minimum atomic E-state index is -0.511. The molecule has 1 aromatic carbocycles. The van der Waals surface area contributed by atoms with Crippen molar-refractivity contribution in [2.75, 3.05) is 0 Å². The standard InChI is InChI=1S/C9H5N3O2/c10-5-12-9(14)7-4-2-1-3-6(7)8(13)11-12/h1-4H,(H,11,13). The molecule has 0 atom stereocenters. The molecule has 0 aliphatic rings. The molecule has 1 N–H and O–H groups in total. The number of fused-ring (bicyclic) bond motifs is 1. The van der Waals surface area contributed by atoms with Gasteiger partial charge in [-0.25, -0.2) is 5.10 Å².